The second-order valence-corrected chi connectivity index (χ2v) is 3.31. The molecule has 0 atom stereocenters. The lowest BCUT2D eigenvalue weighted by molar-refractivity contribution is 0.867. The summed E-state index contributed by atoms with van der Waals surface area (Å²) < 4.78 is 0. The zero-order chi connectivity index (χ0) is 9.64. The molecule has 4 nitrogen and oxygen atoms in total. The maximum absolute atomic E-state index is 3.98. The monoisotopic (exact) mass is 204 g/mol. The Hall–Kier alpha value is -1.75. The van der Waals surface area contributed by atoms with E-state index in [1.807, 2.05) is 29.0 Å². The van der Waals surface area contributed by atoms with Crippen molar-refractivity contribution in [3.63, 3.8) is 0 Å². The molecule has 0 aromatic carbocycles. The van der Waals surface area contributed by atoms with E-state index in [0.29, 0.717) is 0 Å². The molecule has 1 aromatic rings. The first-order chi connectivity index (χ1) is 6.97. The van der Waals surface area contributed by atoms with E-state index in [9.17, 15) is 0 Å². The summed E-state index contributed by atoms with van der Waals surface area (Å²) in [7, 11) is 0. The number of fused-ring (bicyclic) bond motifs is 1. The third-order valence-corrected chi connectivity index (χ3v) is 2.19. The molecule has 5 heteroatoms. The van der Waals surface area contributed by atoms with E-state index in [4.69, 9.17) is 0 Å². The minimum absolute atomic E-state index is 0.852. The highest BCUT2D eigenvalue weighted by Crippen LogP contribution is 2.11. The summed E-state index contributed by atoms with van der Waals surface area (Å²) >= 11 is 1.71. The lowest BCUT2D eigenvalue weighted by Gasteiger charge is -1.89. The smallest absolute Gasteiger partial charge is 0.108 e. The molecule has 0 spiro atoms. The van der Waals surface area contributed by atoms with Gasteiger partial charge in [0.15, 0.2) is 0 Å². The predicted molar refractivity (Wildman–Crippen MR) is 55.1 cm³/mol. The van der Waals surface area contributed by atoms with Crippen molar-refractivity contribution in [2.45, 2.75) is 0 Å². The van der Waals surface area contributed by atoms with Gasteiger partial charge in [-0.3, -0.25) is 10.1 Å². The number of nitrogens with one attached hydrogen (secondary N) is 1. The molecule has 0 aliphatic carbocycles. The fraction of sp³-hybridized carbons (Fsp3) is 0. The topological polar surface area (TPSA) is 54.5 Å². The van der Waals surface area contributed by atoms with Crippen LogP contribution >= 0.6 is 11.3 Å². The number of H-pyrrole nitrogens is 1. The van der Waals surface area contributed by atoms with E-state index in [1.54, 1.807) is 23.7 Å². The Bertz CT molecular complexity index is 390. The molecule has 0 fully saturated rings. The van der Waals surface area contributed by atoms with Crippen LogP contribution in [0.4, 0.5) is 0 Å². The van der Waals surface area contributed by atoms with Gasteiger partial charge in [0.25, 0.3) is 0 Å². The summed E-state index contributed by atoms with van der Waals surface area (Å²) in [6.07, 6.45) is 3.33. The zero-order valence-corrected chi connectivity index (χ0v) is 8.11. The third kappa shape index (κ3) is 2.14. The number of hydrogen-bond donors (Lipinski definition) is 1. The van der Waals surface area contributed by atoms with Crippen LogP contribution in [-0.4, -0.2) is 20.4 Å². The molecule has 70 valence electrons. The average Bonchev–Trinajstić information content (AvgIpc) is 2.92. The average molecular weight is 204 g/mol. The number of rotatable bonds is 0. The number of aromatic nitrogens is 4. The Kier molecular flexibility index (Phi) is 2.82. The van der Waals surface area contributed by atoms with E-state index in [-0.39, 0.29) is 0 Å². The molecule has 0 radical (unpaired) electrons. The second-order valence-electron chi connectivity index (χ2n) is 2.49. The second kappa shape index (κ2) is 4.48. The van der Waals surface area contributed by atoms with Gasteiger partial charge in [0.2, 0.25) is 0 Å². The number of aromatic amines is 1. The first kappa shape index (κ1) is 8.83. The van der Waals surface area contributed by atoms with E-state index in [1.165, 1.54) is 0 Å². The van der Waals surface area contributed by atoms with Crippen LogP contribution in [0, 0.1) is 0 Å². The summed E-state index contributed by atoms with van der Waals surface area (Å²) in [6, 6.07) is 5.89. The van der Waals surface area contributed by atoms with Gasteiger partial charge >= 0.3 is 0 Å². The fourth-order valence-corrected chi connectivity index (χ4v) is 1.39. The lowest BCUT2D eigenvalue weighted by atomic mass is 10.4. The van der Waals surface area contributed by atoms with Gasteiger partial charge in [-0.15, -0.1) is 5.10 Å². The number of thiophene rings is 1. The number of nitrogens with zero attached hydrogens (tertiary/aromatic N) is 3. The van der Waals surface area contributed by atoms with Crippen LogP contribution < -0.4 is 0 Å². The van der Waals surface area contributed by atoms with Crippen LogP contribution in [0.1, 0.15) is 0 Å². The Labute approximate surface area is 85.0 Å². The standard InChI is InChI=1S/C5H4N4.C4H4S/c1-2-6-5-3-7-9-8-4(1)5;1-2-4-5-3-1/h1-3H,(H,7,8);1-4H. The highest BCUT2D eigenvalue weighted by molar-refractivity contribution is 7.07. The van der Waals surface area contributed by atoms with Crippen molar-refractivity contribution in [3.05, 3.63) is 41.4 Å². The van der Waals surface area contributed by atoms with Gasteiger partial charge in [-0.05, 0) is 16.8 Å². The zero-order valence-electron chi connectivity index (χ0n) is 7.29. The fourth-order valence-electron chi connectivity index (χ4n) is 0.938. The highest BCUT2D eigenvalue weighted by Gasteiger charge is 2.00. The summed E-state index contributed by atoms with van der Waals surface area (Å²) in [5, 5.41) is 14.0. The van der Waals surface area contributed by atoms with Crippen molar-refractivity contribution in [2.75, 3.05) is 0 Å². The molecule has 14 heavy (non-hydrogen) atoms. The van der Waals surface area contributed by atoms with Crippen molar-refractivity contribution >= 4 is 11.3 Å². The minimum atomic E-state index is 0.852. The van der Waals surface area contributed by atoms with Gasteiger partial charge in [-0.25, -0.2) is 0 Å². The van der Waals surface area contributed by atoms with Gasteiger partial charge in [-0.1, -0.05) is 17.3 Å². The molecular weight excluding hydrogens is 196 g/mol. The van der Waals surface area contributed by atoms with Crippen LogP contribution in [0.2, 0.25) is 0 Å². The van der Waals surface area contributed by atoms with E-state index >= 15 is 0 Å². The molecule has 0 bridgehead atoms. The molecule has 0 saturated carbocycles. The van der Waals surface area contributed by atoms with Crippen molar-refractivity contribution in [1.29, 1.82) is 0 Å². The van der Waals surface area contributed by atoms with E-state index in [2.05, 4.69) is 20.4 Å². The first-order valence-electron chi connectivity index (χ1n) is 4.05. The molecule has 2 aliphatic rings. The molecule has 1 aromatic heterocycles. The molecule has 0 unspecified atom stereocenters. The molecular formula is C9H8N4S. The molecule has 0 amide bonds. The SMILES string of the molecule is c1cc2[nH]nncc-2n1.c1ccsc1. The predicted octanol–water partition coefficient (Wildman–Crippen LogP) is 2.05. The molecule has 0 saturated heterocycles. The van der Waals surface area contributed by atoms with Crippen LogP contribution in [0.5, 0.6) is 0 Å². The summed E-state index contributed by atoms with van der Waals surface area (Å²) in [5.41, 5.74) is 1.77. The molecule has 2 aliphatic heterocycles. The molecule has 3 rings (SSSR count). The van der Waals surface area contributed by atoms with Crippen molar-refractivity contribution in [1.82, 2.24) is 20.4 Å². The Morgan fingerprint density at radius 2 is 2.07 bits per heavy atom. The molecule has 3 heterocycles. The van der Waals surface area contributed by atoms with Crippen molar-refractivity contribution < 1.29 is 0 Å². The Morgan fingerprint density at radius 3 is 2.71 bits per heavy atom. The van der Waals surface area contributed by atoms with Gasteiger partial charge in [0.1, 0.15) is 5.69 Å². The van der Waals surface area contributed by atoms with Gasteiger partial charge in [0.05, 0.1) is 11.9 Å². The first-order valence-corrected chi connectivity index (χ1v) is 4.99. The molecule has 1 N–H and O–H groups in total. The quantitative estimate of drug-likeness (QED) is 0.609. The maximum Gasteiger partial charge on any atom is 0.108 e. The largest absolute Gasteiger partial charge is 0.258 e. The van der Waals surface area contributed by atoms with Gasteiger partial charge < -0.3 is 0 Å². The van der Waals surface area contributed by atoms with E-state index in [0.717, 1.165) is 11.4 Å². The summed E-state index contributed by atoms with van der Waals surface area (Å²) in [5.74, 6) is 0. The van der Waals surface area contributed by atoms with Crippen LogP contribution in [-0.2, 0) is 0 Å². The number of hydrogen-bond acceptors (Lipinski definition) is 4. The van der Waals surface area contributed by atoms with Gasteiger partial charge in [0, 0.05) is 6.20 Å². The van der Waals surface area contributed by atoms with E-state index < -0.39 is 0 Å². The summed E-state index contributed by atoms with van der Waals surface area (Å²) in [6.45, 7) is 0. The Balaban J connectivity index is 0.000000128. The highest BCUT2D eigenvalue weighted by atomic mass is 32.1. The van der Waals surface area contributed by atoms with Crippen molar-refractivity contribution in [3.8, 4) is 11.4 Å². The van der Waals surface area contributed by atoms with Crippen LogP contribution in [0.3, 0.4) is 0 Å². The van der Waals surface area contributed by atoms with Crippen LogP contribution in [0.15, 0.2) is 41.4 Å². The summed E-state index contributed by atoms with van der Waals surface area (Å²) in [4.78, 5) is 3.98. The third-order valence-electron chi connectivity index (χ3n) is 1.56. The lowest BCUT2D eigenvalue weighted by Crippen LogP contribution is -1.88. The van der Waals surface area contributed by atoms with Crippen molar-refractivity contribution in [2.24, 2.45) is 0 Å². The van der Waals surface area contributed by atoms with Crippen LogP contribution in [0.25, 0.3) is 11.4 Å². The maximum atomic E-state index is 3.98. The van der Waals surface area contributed by atoms with Gasteiger partial charge in [-0.2, -0.15) is 11.3 Å². The normalized spacial score (nSPS) is 9.43. The Morgan fingerprint density at radius 1 is 1.21 bits per heavy atom. The minimum Gasteiger partial charge on any atom is -0.258 e.